The summed E-state index contributed by atoms with van der Waals surface area (Å²) in [5, 5.41) is 14.2. The Morgan fingerprint density at radius 2 is 1.73 bits per heavy atom. The molecule has 144 valence electrons. The van der Waals surface area contributed by atoms with Crippen LogP contribution in [0, 0.1) is 11.8 Å². The van der Waals surface area contributed by atoms with Crippen molar-refractivity contribution in [3.63, 3.8) is 0 Å². The molecule has 2 amide bonds. The molecule has 1 aromatic rings. The predicted octanol–water partition coefficient (Wildman–Crippen LogP) is 1.30. The molecular weight excluding hydrogens is 340 g/mol. The molecule has 0 fully saturated rings. The van der Waals surface area contributed by atoms with Gasteiger partial charge in [-0.25, -0.2) is 0 Å². The molecule has 0 radical (unpaired) electrons. The topological polar surface area (TPSA) is 114 Å². The number of carbonyl (C=O) groups is 3. The van der Waals surface area contributed by atoms with Gasteiger partial charge in [0.1, 0.15) is 0 Å². The van der Waals surface area contributed by atoms with Crippen LogP contribution in [0.1, 0.15) is 30.6 Å². The third-order valence-electron chi connectivity index (χ3n) is 3.71. The standard InChI is InChI=1S/C18H26N2O6/c1-11(2)7-13(18(23)24)9-19-16(21)10-20-17(22)12-5-6-14(25-3)15(8-12)26-4/h5-6,8,11,13H,7,9-10H2,1-4H3,(H,19,21)(H,20,22)(H,23,24). The first-order chi connectivity index (χ1) is 12.3. The van der Waals surface area contributed by atoms with Gasteiger partial charge in [0.15, 0.2) is 11.5 Å². The second-order valence-electron chi connectivity index (χ2n) is 6.22. The molecule has 26 heavy (non-hydrogen) atoms. The van der Waals surface area contributed by atoms with Crippen LogP contribution >= 0.6 is 0 Å². The first kappa shape index (κ1) is 21.3. The molecular formula is C18H26N2O6. The first-order valence-electron chi connectivity index (χ1n) is 8.28. The zero-order valence-electron chi connectivity index (χ0n) is 15.5. The smallest absolute Gasteiger partial charge is 0.308 e. The van der Waals surface area contributed by atoms with Gasteiger partial charge in [0.05, 0.1) is 26.7 Å². The number of hydrogen-bond acceptors (Lipinski definition) is 5. The molecule has 1 unspecified atom stereocenters. The van der Waals surface area contributed by atoms with Crippen LogP contribution in [0.3, 0.4) is 0 Å². The molecule has 0 spiro atoms. The number of amides is 2. The summed E-state index contributed by atoms with van der Waals surface area (Å²) in [7, 11) is 2.95. The maximum Gasteiger partial charge on any atom is 0.308 e. The molecule has 0 aliphatic rings. The maximum atomic E-state index is 12.1. The van der Waals surface area contributed by atoms with Crippen molar-refractivity contribution in [1.82, 2.24) is 10.6 Å². The van der Waals surface area contributed by atoms with Gasteiger partial charge in [-0.1, -0.05) is 13.8 Å². The quantitative estimate of drug-likeness (QED) is 0.575. The van der Waals surface area contributed by atoms with E-state index in [1.165, 1.54) is 20.3 Å². The number of nitrogens with one attached hydrogen (secondary N) is 2. The number of methoxy groups -OCH3 is 2. The highest BCUT2D eigenvalue weighted by Crippen LogP contribution is 2.27. The monoisotopic (exact) mass is 366 g/mol. The fraction of sp³-hybridized carbons (Fsp3) is 0.500. The second kappa shape index (κ2) is 10.3. The first-order valence-corrected chi connectivity index (χ1v) is 8.28. The van der Waals surface area contributed by atoms with Gasteiger partial charge in [0.25, 0.3) is 5.91 Å². The number of carbonyl (C=O) groups excluding carboxylic acids is 2. The van der Waals surface area contributed by atoms with Crippen LogP contribution in [0.15, 0.2) is 18.2 Å². The van der Waals surface area contributed by atoms with E-state index < -0.39 is 23.7 Å². The van der Waals surface area contributed by atoms with Crippen molar-refractivity contribution >= 4 is 17.8 Å². The lowest BCUT2D eigenvalue weighted by Crippen LogP contribution is -2.40. The molecule has 0 aromatic heterocycles. The van der Waals surface area contributed by atoms with Gasteiger partial charge in [-0.3, -0.25) is 14.4 Å². The summed E-state index contributed by atoms with van der Waals surface area (Å²) in [6.07, 6.45) is 0.466. The van der Waals surface area contributed by atoms with Crippen molar-refractivity contribution in [1.29, 1.82) is 0 Å². The van der Waals surface area contributed by atoms with Gasteiger partial charge >= 0.3 is 5.97 Å². The van der Waals surface area contributed by atoms with Crippen molar-refractivity contribution in [2.24, 2.45) is 11.8 Å². The van der Waals surface area contributed by atoms with Crippen LogP contribution in [0.25, 0.3) is 0 Å². The van der Waals surface area contributed by atoms with Crippen molar-refractivity contribution < 1.29 is 29.0 Å². The molecule has 0 aliphatic heterocycles. The molecule has 0 saturated heterocycles. The molecule has 1 rings (SSSR count). The number of aliphatic carboxylic acids is 1. The zero-order chi connectivity index (χ0) is 19.7. The van der Waals surface area contributed by atoms with Gasteiger partial charge in [0.2, 0.25) is 5.91 Å². The Bertz CT molecular complexity index is 645. The van der Waals surface area contributed by atoms with E-state index in [0.717, 1.165) is 0 Å². The molecule has 1 atom stereocenters. The molecule has 0 saturated carbocycles. The minimum Gasteiger partial charge on any atom is -0.493 e. The third kappa shape index (κ3) is 6.62. The molecule has 8 heteroatoms. The normalized spacial score (nSPS) is 11.6. The Morgan fingerprint density at radius 1 is 1.08 bits per heavy atom. The Morgan fingerprint density at radius 3 is 2.27 bits per heavy atom. The summed E-state index contributed by atoms with van der Waals surface area (Å²) in [4.78, 5) is 35.1. The highest BCUT2D eigenvalue weighted by Gasteiger charge is 2.20. The fourth-order valence-corrected chi connectivity index (χ4v) is 2.38. The lowest BCUT2D eigenvalue weighted by atomic mass is 9.97. The number of rotatable bonds is 10. The SMILES string of the molecule is COc1ccc(C(=O)NCC(=O)NCC(CC(C)C)C(=O)O)cc1OC. The van der Waals surface area contributed by atoms with Crippen LogP contribution < -0.4 is 20.1 Å². The van der Waals surface area contributed by atoms with E-state index in [2.05, 4.69) is 10.6 Å². The number of benzene rings is 1. The van der Waals surface area contributed by atoms with Crippen LogP contribution in [0.4, 0.5) is 0 Å². The Balaban J connectivity index is 2.54. The van der Waals surface area contributed by atoms with Crippen LogP contribution in [-0.2, 0) is 9.59 Å². The Hall–Kier alpha value is -2.77. The van der Waals surface area contributed by atoms with E-state index in [4.69, 9.17) is 14.6 Å². The number of carboxylic acid groups (broad SMARTS) is 1. The summed E-state index contributed by atoms with van der Waals surface area (Å²) in [5.41, 5.74) is 0.318. The van der Waals surface area contributed by atoms with Crippen LogP contribution in [-0.4, -0.2) is 50.2 Å². The average Bonchev–Trinajstić information content (AvgIpc) is 2.61. The summed E-state index contributed by atoms with van der Waals surface area (Å²) in [5.74, 6) is -1.40. The molecule has 0 bridgehead atoms. The number of hydrogen-bond donors (Lipinski definition) is 3. The average molecular weight is 366 g/mol. The van der Waals surface area contributed by atoms with E-state index in [9.17, 15) is 14.4 Å². The molecule has 8 nitrogen and oxygen atoms in total. The largest absolute Gasteiger partial charge is 0.493 e. The van der Waals surface area contributed by atoms with Gasteiger partial charge in [-0.2, -0.15) is 0 Å². The van der Waals surface area contributed by atoms with E-state index in [0.29, 0.717) is 23.5 Å². The number of carboxylic acids is 1. The molecule has 3 N–H and O–H groups in total. The van der Waals surface area contributed by atoms with Crippen molar-refractivity contribution in [3.05, 3.63) is 23.8 Å². The minimum atomic E-state index is -0.951. The van der Waals surface area contributed by atoms with Crippen molar-refractivity contribution in [3.8, 4) is 11.5 Å². The van der Waals surface area contributed by atoms with Gasteiger partial charge < -0.3 is 25.2 Å². The van der Waals surface area contributed by atoms with Crippen molar-refractivity contribution in [2.75, 3.05) is 27.3 Å². The van der Waals surface area contributed by atoms with Crippen LogP contribution in [0.2, 0.25) is 0 Å². The second-order valence-corrected chi connectivity index (χ2v) is 6.22. The fourth-order valence-electron chi connectivity index (χ4n) is 2.38. The van der Waals surface area contributed by atoms with E-state index in [1.54, 1.807) is 12.1 Å². The zero-order valence-corrected chi connectivity index (χ0v) is 15.5. The summed E-state index contributed by atoms with van der Waals surface area (Å²) in [6.45, 7) is 3.61. The van der Waals surface area contributed by atoms with Crippen molar-refractivity contribution in [2.45, 2.75) is 20.3 Å². The van der Waals surface area contributed by atoms with E-state index >= 15 is 0 Å². The number of ether oxygens (including phenoxy) is 2. The molecule has 0 aliphatic carbocycles. The maximum absolute atomic E-state index is 12.1. The summed E-state index contributed by atoms with van der Waals surface area (Å²) < 4.78 is 10.2. The van der Waals surface area contributed by atoms with E-state index in [-0.39, 0.29) is 19.0 Å². The third-order valence-corrected chi connectivity index (χ3v) is 3.71. The van der Waals surface area contributed by atoms with Gasteiger partial charge in [-0.05, 0) is 30.5 Å². The Kier molecular flexibility index (Phi) is 8.41. The summed E-state index contributed by atoms with van der Waals surface area (Å²) in [6, 6.07) is 4.66. The van der Waals surface area contributed by atoms with Gasteiger partial charge in [-0.15, -0.1) is 0 Å². The van der Waals surface area contributed by atoms with Crippen LogP contribution in [0.5, 0.6) is 11.5 Å². The highest BCUT2D eigenvalue weighted by molar-refractivity contribution is 5.97. The molecule has 0 heterocycles. The van der Waals surface area contributed by atoms with Gasteiger partial charge in [0, 0.05) is 12.1 Å². The Labute approximate surface area is 152 Å². The highest BCUT2D eigenvalue weighted by atomic mass is 16.5. The summed E-state index contributed by atoms with van der Waals surface area (Å²) >= 11 is 0. The minimum absolute atomic E-state index is 0.0264. The lowest BCUT2D eigenvalue weighted by Gasteiger charge is -2.15. The lowest BCUT2D eigenvalue weighted by molar-refractivity contribution is -0.142. The van der Waals surface area contributed by atoms with E-state index in [1.807, 2.05) is 13.8 Å². The molecule has 1 aromatic carbocycles. The predicted molar refractivity (Wildman–Crippen MR) is 95.5 cm³/mol.